The second-order valence-electron chi connectivity index (χ2n) is 6.42. The first-order valence-corrected chi connectivity index (χ1v) is 9.69. The van der Waals surface area contributed by atoms with E-state index in [0.717, 1.165) is 20.3 Å². The molecule has 0 aliphatic heterocycles. The van der Waals surface area contributed by atoms with Gasteiger partial charge in [0, 0.05) is 6.54 Å². The van der Waals surface area contributed by atoms with Crippen molar-refractivity contribution >= 4 is 43.5 Å². The summed E-state index contributed by atoms with van der Waals surface area (Å²) in [5.41, 5.74) is 1.48. The zero-order valence-electron chi connectivity index (χ0n) is 15.4. The Hall–Kier alpha value is -3.26. The van der Waals surface area contributed by atoms with E-state index in [1.165, 1.54) is 15.9 Å². The number of hydrogen-bond donors (Lipinski definition) is 1. The standard InChI is InChI=1S/C20H18N4O3S/c1-3-23-18(26)13-8-4-5-9-14(13)24(20(23)27)11-16(25)21-19-22-17-12(2)7-6-10-15(17)28-19/h4-10H,3,11H2,1-2H3,(H,21,22,25). The van der Waals surface area contributed by atoms with Gasteiger partial charge in [-0.2, -0.15) is 0 Å². The zero-order chi connectivity index (χ0) is 19.8. The van der Waals surface area contributed by atoms with Gasteiger partial charge in [-0.1, -0.05) is 35.6 Å². The Morgan fingerprint density at radius 2 is 1.89 bits per heavy atom. The Labute approximate surface area is 163 Å². The van der Waals surface area contributed by atoms with Crippen molar-refractivity contribution in [2.24, 2.45) is 0 Å². The van der Waals surface area contributed by atoms with E-state index in [0.29, 0.717) is 16.0 Å². The van der Waals surface area contributed by atoms with Gasteiger partial charge in [-0.05, 0) is 37.6 Å². The van der Waals surface area contributed by atoms with Crippen molar-refractivity contribution in [2.45, 2.75) is 26.9 Å². The molecule has 0 unspecified atom stereocenters. The molecular formula is C20H18N4O3S. The van der Waals surface area contributed by atoms with Crippen molar-refractivity contribution in [1.29, 1.82) is 0 Å². The Kier molecular flexibility index (Phi) is 4.56. The number of amides is 1. The Bertz CT molecular complexity index is 1330. The lowest BCUT2D eigenvalue weighted by molar-refractivity contribution is -0.116. The molecule has 8 heteroatoms. The third-order valence-electron chi connectivity index (χ3n) is 4.62. The Morgan fingerprint density at radius 3 is 2.64 bits per heavy atom. The van der Waals surface area contributed by atoms with Crippen molar-refractivity contribution in [3.8, 4) is 0 Å². The van der Waals surface area contributed by atoms with Gasteiger partial charge in [0.05, 0.1) is 21.1 Å². The molecule has 0 aliphatic rings. The summed E-state index contributed by atoms with van der Waals surface area (Å²) in [7, 11) is 0. The van der Waals surface area contributed by atoms with Gasteiger partial charge in [0.2, 0.25) is 5.91 Å². The van der Waals surface area contributed by atoms with E-state index in [4.69, 9.17) is 0 Å². The van der Waals surface area contributed by atoms with E-state index in [1.807, 2.05) is 25.1 Å². The van der Waals surface area contributed by atoms with Gasteiger partial charge in [0.1, 0.15) is 6.54 Å². The Morgan fingerprint density at radius 1 is 1.11 bits per heavy atom. The molecule has 0 fully saturated rings. The fourth-order valence-electron chi connectivity index (χ4n) is 3.24. The monoisotopic (exact) mass is 394 g/mol. The van der Waals surface area contributed by atoms with Crippen LogP contribution in [-0.2, 0) is 17.9 Å². The fourth-order valence-corrected chi connectivity index (χ4v) is 4.20. The molecule has 4 rings (SSSR count). The van der Waals surface area contributed by atoms with Crippen LogP contribution < -0.4 is 16.6 Å². The van der Waals surface area contributed by atoms with Crippen molar-refractivity contribution in [3.63, 3.8) is 0 Å². The average molecular weight is 394 g/mol. The third kappa shape index (κ3) is 3.01. The predicted octanol–water partition coefficient (Wildman–Crippen LogP) is 2.74. The number of benzene rings is 2. The van der Waals surface area contributed by atoms with Crippen LogP contribution in [0.15, 0.2) is 52.1 Å². The molecule has 4 aromatic rings. The average Bonchev–Trinajstić information content (AvgIpc) is 3.09. The quantitative estimate of drug-likeness (QED) is 0.577. The van der Waals surface area contributed by atoms with Gasteiger partial charge in [-0.3, -0.25) is 18.7 Å². The number of nitrogens with one attached hydrogen (secondary N) is 1. The molecule has 0 bridgehead atoms. The van der Waals surface area contributed by atoms with Crippen LogP contribution in [0.1, 0.15) is 12.5 Å². The maximum atomic E-state index is 12.7. The molecule has 0 saturated carbocycles. The van der Waals surface area contributed by atoms with E-state index < -0.39 is 5.69 Å². The molecule has 2 aromatic carbocycles. The lowest BCUT2D eigenvalue weighted by Crippen LogP contribution is -2.41. The summed E-state index contributed by atoms with van der Waals surface area (Å²) in [5.74, 6) is -0.370. The first kappa shape index (κ1) is 18.1. The minimum absolute atomic E-state index is 0.200. The summed E-state index contributed by atoms with van der Waals surface area (Å²) in [6, 6.07) is 12.7. The molecule has 0 atom stereocenters. The largest absolute Gasteiger partial charge is 0.331 e. The summed E-state index contributed by atoms with van der Waals surface area (Å²) in [6.07, 6.45) is 0. The molecule has 0 radical (unpaired) electrons. The number of hydrogen-bond acceptors (Lipinski definition) is 5. The maximum Gasteiger partial charge on any atom is 0.331 e. The Balaban J connectivity index is 1.71. The molecule has 0 saturated heterocycles. The number of aryl methyl sites for hydroxylation is 1. The number of para-hydroxylation sites is 2. The highest BCUT2D eigenvalue weighted by Gasteiger charge is 2.15. The molecule has 1 N–H and O–H groups in total. The van der Waals surface area contributed by atoms with Crippen molar-refractivity contribution in [2.75, 3.05) is 5.32 Å². The second kappa shape index (κ2) is 7.05. The summed E-state index contributed by atoms with van der Waals surface area (Å²) in [4.78, 5) is 42.3. The molecular weight excluding hydrogens is 376 g/mol. The molecule has 28 heavy (non-hydrogen) atoms. The zero-order valence-corrected chi connectivity index (χ0v) is 16.2. The summed E-state index contributed by atoms with van der Waals surface area (Å²) < 4.78 is 3.45. The molecule has 7 nitrogen and oxygen atoms in total. The molecule has 0 spiro atoms. The summed E-state index contributed by atoms with van der Waals surface area (Å²) in [6.45, 7) is 3.73. The minimum Gasteiger partial charge on any atom is -0.300 e. The SMILES string of the molecule is CCn1c(=O)c2ccccc2n(CC(=O)Nc2nc3c(C)cccc3s2)c1=O. The van der Waals surface area contributed by atoms with Gasteiger partial charge in [0.15, 0.2) is 5.13 Å². The number of carbonyl (C=O) groups excluding carboxylic acids is 1. The van der Waals surface area contributed by atoms with Crippen molar-refractivity contribution < 1.29 is 4.79 Å². The van der Waals surface area contributed by atoms with Gasteiger partial charge < -0.3 is 5.32 Å². The number of fused-ring (bicyclic) bond motifs is 2. The van der Waals surface area contributed by atoms with Gasteiger partial charge >= 0.3 is 5.69 Å². The van der Waals surface area contributed by atoms with Crippen LogP contribution in [0.3, 0.4) is 0 Å². The van der Waals surface area contributed by atoms with E-state index in [9.17, 15) is 14.4 Å². The van der Waals surface area contributed by atoms with E-state index in [1.54, 1.807) is 31.2 Å². The molecule has 2 aromatic heterocycles. The molecule has 142 valence electrons. The van der Waals surface area contributed by atoms with E-state index >= 15 is 0 Å². The number of thiazole rings is 1. The van der Waals surface area contributed by atoms with Crippen LogP contribution in [-0.4, -0.2) is 20.0 Å². The predicted molar refractivity (Wildman–Crippen MR) is 111 cm³/mol. The lowest BCUT2D eigenvalue weighted by Gasteiger charge is -2.12. The highest BCUT2D eigenvalue weighted by Crippen LogP contribution is 2.27. The lowest BCUT2D eigenvalue weighted by atomic mass is 10.2. The van der Waals surface area contributed by atoms with Crippen molar-refractivity contribution in [1.82, 2.24) is 14.1 Å². The normalized spacial score (nSPS) is 11.2. The van der Waals surface area contributed by atoms with Crippen LogP contribution in [0.5, 0.6) is 0 Å². The third-order valence-corrected chi connectivity index (χ3v) is 5.55. The number of anilines is 1. The van der Waals surface area contributed by atoms with Crippen LogP contribution in [0.4, 0.5) is 5.13 Å². The van der Waals surface area contributed by atoms with Crippen LogP contribution in [0.2, 0.25) is 0 Å². The number of rotatable bonds is 4. The number of aromatic nitrogens is 3. The fraction of sp³-hybridized carbons (Fsp3) is 0.200. The van der Waals surface area contributed by atoms with Gasteiger partial charge in [0.25, 0.3) is 5.56 Å². The highest BCUT2D eigenvalue weighted by molar-refractivity contribution is 7.22. The topological polar surface area (TPSA) is 86.0 Å². The van der Waals surface area contributed by atoms with Gasteiger partial charge in [-0.25, -0.2) is 9.78 Å². The van der Waals surface area contributed by atoms with Crippen LogP contribution in [0, 0.1) is 6.92 Å². The number of carbonyl (C=O) groups is 1. The van der Waals surface area contributed by atoms with E-state index in [-0.39, 0.29) is 24.6 Å². The minimum atomic E-state index is -0.499. The van der Waals surface area contributed by atoms with Crippen LogP contribution >= 0.6 is 11.3 Å². The summed E-state index contributed by atoms with van der Waals surface area (Å²) in [5, 5.41) is 3.66. The maximum absolute atomic E-state index is 12.7. The van der Waals surface area contributed by atoms with Gasteiger partial charge in [-0.15, -0.1) is 0 Å². The second-order valence-corrected chi connectivity index (χ2v) is 7.45. The van der Waals surface area contributed by atoms with Crippen LogP contribution in [0.25, 0.3) is 21.1 Å². The molecule has 2 heterocycles. The first-order chi connectivity index (χ1) is 13.5. The first-order valence-electron chi connectivity index (χ1n) is 8.88. The molecule has 0 aliphatic carbocycles. The van der Waals surface area contributed by atoms with Crippen molar-refractivity contribution in [3.05, 3.63) is 68.9 Å². The number of nitrogens with zero attached hydrogens (tertiary/aromatic N) is 3. The highest BCUT2D eigenvalue weighted by atomic mass is 32.1. The van der Waals surface area contributed by atoms with E-state index in [2.05, 4.69) is 10.3 Å². The smallest absolute Gasteiger partial charge is 0.300 e. The summed E-state index contributed by atoms with van der Waals surface area (Å²) >= 11 is 1.38. The molecule has 1 amide bonds.